The van der Waals surface area contributed by atoms with E-state index < -0.39 is 0 Å². The number of nitrogens with one attached hydrogen (secondary N) is 1. The van der Waals surface area contributed by atoms with Crippen molar-refractivity contribution >= 4 is 11.9 Å². The fourth-order valence-electron chi connectivity index (χ4n) is 2.03. The van der Waals surface area contributed by atoms with Crippen molar-refractivity contribution in [2.75, 3.05) is 5.32 Å². The van der Waals surface area contributed by atoms with Gasteiger partial charge in [0.2, 0.25) is 0 Å². The summed E-state index contributed by atoms with van der Waals surface area (Å²) in [5.41, 5.74) is 2.05. The van der Waals surface area contributed by atoms with Gasteiger partial charge in [0.05, 0.1) is 18.1 Å². The van der Waals surface area contributed by atoms with Crippen LogP contribution >= 0.6 is 0 Å². The second kappa shape index (κ2) is 5.62. The molecule has 0 aliphatic rings. The third-order valence-corrected chi connectivity index (χ3v) is 3.16. The van der Waals surface area contributed by atoms with E-state index in [1.165, 1.54) is 0 Å². The zero-order chi connectivity index (χ0) is 14.7. The Morgan fingerprint density at radius 1 is 1.29 bits per heavy atom. The van der Waals surface area contributed by atoms with Crippen LogP contribution < -0.4 is 5.32 Å². The molecule has 0 aliphatic heterocycles. The summed E-state index contributed by atoms with van der Waals surface area (Å²) in [4.78, 5) is 8.63. The zero-order valence-electron chi connectivity index (χ0n) is 11.8. The lowest BCUT2D eigenvalue weighted by atomic mass is 10.3. The van der Waals surface area contributed by atoms with Crippen LogP contribution in [-0.2, 0) is 6.54 Å². The van der Waals surface area contributed by atoms with Crippen molar-refractivity contribution in [3.8, 4) is 5.82 Å². The van der Waals surface area contributed by atoms with Crippen LogP contribution in [0, 0.1) is 6.92 Å². The average Bonchev–Trinajstić information content (AvgIpc) is 3.14. The van der Waals surface area contributed by atoms with Crippen LogP contribution in [0.2, 0.25) is 0 Å². The first-order chi connectivity index (χ1) is 10.3. The maximum Gasteiger partial charge on any atom is 0.138 e. The number of aromatic nitrogens is 5. The molecular weight excluding hydrogens is 264 g/mol. The van der Waals surface area contributed by atoms with E-state index in [0.29, 0.717) is 6.54 Å². The highest BCUT2D eigenvalue weighted by Crippen LogP contribution is 2.12. The molecule has 3 rings (SSSR count). The van der Waals surface area contributed by atoms with Crippen LogP contribution in [0.5, 0.6) is 0 Å². The molecule has 21 heavy (non-hydrogen) atoms. The molecule has 0 radical (unpaired) electrons. The SMILES string of the molecule is C=Cn1cc(CNc2ccc(-n3ccnc3C)nc2)cn1. The second-order valence-electron chi connectivity index (χ2n) is 4.61. The lowest BCUT2D eigenvalue weighted by molar-refractivity contribution is 0.932. The first kappa shape index (κ1) is 13.1. The Kier molecular flexibility index (Phi) is 3.51. The molecular formula is C15H16N6. The summed E-state index contributed by atoms with van der Waals surface area (Å²) in [6.07, 6.45) is 10.9. The maximum absolute atomic E-state index is 4.44. The Morgan fingerprint density at radius 2 is 2.19 bits per heavy atom. The Labute approximate surface area is 122 Å². The van der Waals surface area contributed by atoms with Gasteiger partial charge in [-0.2, -0.15) is 5.10 Å². The van der Waals surface area contributed by atoms with E-state index in [2.05, 4.69) is 27.0 Å². The minimum Gasteiger partial charge on any atom is -0.380 e. The van der Waals surface area contributed by atoms with Gasteiger partial charge in [-0.05, 0) is 19.1 Å². The molecule has 106 valence electrons. The quantitative estimate of drug-likeness (QED) is 0.780. The Morgan fingerprint density at radius 3 is 2.81 bits per heavy atom. The van der Waals surface area contributed by atoms with Crippen molar-refractivity contribution in [3.05, 3.63) is 61.1 Å². The summed E-state index contributed by atoms with van der Waals surface area (Å²) in [6, 6.07) is 3.96. The molecule has 0 fully saturated rings. The first-order valence-corrected chi connectivity index (χ1v) is 6.62. The van der Waals surface area contributed by atoms with Gasteiger partial charge in [-0.1, -0.05) is 6.58 Å². The topological polar surface area (TPSA) is 60.6 Å². The van der Waals surface area contributed by atoms with Crippen LogP contribution in [0.4, 0.5) is 5.69 Å². The predicted octanol–water partition coefficient (Wildman–Crippen LogP) is 2.48. The molecule has 3 heterocycles. The maximum atomic E-state index is 4.44. The van der Waals surface area contributed by atoms with E-state index in [4.69, 9.17) is 0 Å². The first-order valence-electron chi connectivity index (χ1n) is 6.62. The minimum absolute atomic E-state index is 0.693. The number of hydrogen-bond donors (Lipinski definition) is 1. The second-order valence-corrected chi connectivity index (χ2v) is 4.61. The van der Waals surface area contributed by atoms with Crippen molar-refractivity contribution in [2.45, 2.75) is 13.5 Å². The van der Waals surface area contributed by atoms with E-state index in [0.717, 1.165) is 22.9 Å². The van der Waals surface area contributed by atoms with Crippen molar-refractivity contribution in [1.82, 2.24) is 24.3 Å². The van der Waals surface area contributed by atoms with Gasteiger partial charge in [0.1, 0.15) is 11.6 Å². The molecule has 0 atom stereocenters. The van der Waals surface area contributed by atoms with E-state index in [1.54, 1.807) is 17.1 Å². The van der Waals surface area contributed by atoms with Gasteiger partial charge < -0.3 is 5.32 Å². The molecule has 0 saturated carbocycles. The molecule has 6 heteroatoms. The third-order valence-electron chi connectivity index (χ3n) is 3.16. The van der Waals surface area contributed by atoms with E-state index >= 15 is 0 Å². The molecule has 0 saturated heterocycles. The lowest BCUT2D eigenvalue weighted by Gasteiger charge is -2.07. The van der Waals surface area contributed by atoms with Gasteiger partial charge >= 0.3 is 0 Å². The monoisotopic (exact) mass is 280 g/mol. The Hall–Kier alpha value is -2.89. The number of aryl methyl sites for hydroxylation is 1. The number of rotatable bonds is 5. The molecule has 1 N–H and O–H groups in total. The summed E-state index contributed by atoms with van der Waals surface area (Å²) in [6.45, 7) is 6.31. The standard InChI is InChI=1S/C15H16N6/c1-3-20-11-13(9-19-20)8-17-14-4-5-15(18-10-14)21-7-6-16-12(21)2/h3-7,9-11,17H,1,8H2,2H3. The number of anilines is 1. The molecule has 0 aliphatic carbocycles. The number of pyridine rings is 1. The van der Waals surface area contributed by atoms with Gasteiger partial charge in [0, 0.05) is 36.9 Å². The van der Waals surface area contributed by atoms with Crippen molar-refractivity contribution in [1.29, 1.82) is 0 Å². The van der Waals surface area contributed by atoms with Crippen LogP contribution in [0.15, 0.2) is 49.7 Å². The van der Waals surface area contributed by atoms with Crippen molar-refractivity contribution < 1.29 is 0 Å². The molecule has 0 aromatic carbocycles. The smallest absolute Gasteiger partial charge is 0.138 e. The van der Waals surface area contributed by atoms with Gasteiger partial charge in [-0.3, -0.25) is 4.57 Å². The highest BCUT2D eigenvalue weighted by molar-refractivity contribution is 5.44. The van der Waals surface area contributed by atoms with Gasteiger partial charge in [0.25, 0.3) is 0 Å². The van der Waals surface area contributed by atoms with Crippen molar-refractivity contribution in [3.63, 3.8) is 0 Å². The highest BCUT2D eigenvalue weighted by atomic mass is 15.2. The fraction of sp³-hybridized carbons (Fsp3) is 0.133. The number of nitrogens with zero attached hydrogens (tertiary/aromatic N) is 5. The van der Waals surface area contributed by atoms with Gasteiger partial charge in [0.15, 0.2) is 0 Å². The molecule has 0 spiro atoms. The number of hydrogen-bond acceptors (Lipinski definition) is 4. The summed E-state index contributed by atoms with van der Waals surface area (Å²) in [7, 11) is 0. The fourth-order valence-corrected chi connectivity index (χ4v) is 2.03. The van der Waals surface area contributed by atoms with Crippen LogP contribution in [0.1, 0.15) is 11.4 Å². The molecule has 0 unspecified atom stereocenters. The van der Waals surface area contributed by atoms with Crippen molar-refractivity contribution in [2.24, 2.45) is 0 Å². The molecule has 6 nitrogen and oxygen atoms in total. The van der Waals surface area contributed by atoms with Crippen LogP contribution in [0.25, 0.3) is 12.0 Å². The van der Waals surface area contributed by atoms with Gasteiger partial charge in [-0.15, -0.1) is 0 Å². The minimum atomic E-state index is 0.693. The molecule has 3 aromatic rings. The Bertz CT molecular complexity index is 738. The number of imidazole rings is 1. The van der Waals surface area contributed by atoms with E-state index in [-0.39, 0.29) is 0 Å². The molecule has 0 amide bonds. The zero-order valence-corrected chi connectivity index (χ0v) is 11.8. The molecule has 3 aromatic heterocycles. The normalized spacial score (nSPS) is 10.5. The summed E-state index contributed by atoms with van der Waals surface area (Å²) in [5.74, 6) is 1.77. The van der Waals surface area contributed by atoms with Gasteiger partial charge in [-0.25, -0.2) is 14.6 Å². The lowest BCUT2D eigenvalue weighted by Crippen LogP contribution is -2.02. The summed E-state index contributed by atoms with van der Waals surface area (Å²) >= 11 is 0. The average molecular weight is 280 g/mol. The van der Waals surface area contributed by atoms with Crippen LogP contribution in [0.3, 0.4) is 0 Å². The van der Waals surface area contributed by atoms with Crippen LogP contribution in [-0.4, -0.2) is 24.3 Å². The van der Waals surface area contributed by atoms with E-state index in [9.17, 15) is 0 Å². The Balaban J connectivity index is 1.67. The largest absolute Gasteiger partial charge is 0.380 e. The summed E-state index contributed by atoms with van der Waals surface area (Å²) in [5, 5.41) is 7.45. The third kappa shape index (κ3) is 2.84. The highest BCUT2D eigenvalue weighted by Gasteiger charge is 2.02. The molecule has 0 bridgehead atoms. The predicted molar refractivity (Wildman–Crippen MR) is 82.0 cm³/mol. The summed E-state index contributed by atoms with van der Waals surface area (Å²) < 4.78 is 3.62. The van der Waals surface area contributed by atoms with E-state index in [1.807, 2.05) is 48.4 Å².